The molecule has 0 saturated carbocycles. The van der Waals surface area contributed by atoms with Crippen molar-refractivity contribution in [1.82, 2.24) is 9.78 Å². The third kappa shape index (κ3) is 3.66. The lowest BCUT2D eigenvalue weighted by Gasteiger charge is -2.11. The predicted octanol–water partition coefficient (Wildman–Crippen LogP) is 3.38. The molecule has 0 bridgehead atoms. The molecule has 0 radical (unpaired) electrons. The van der Waals surface area contributed by atoms with Gasteiger partial charge in [0.05, 0.1) is 26.3 Å². The standard InChI is InChI=1S/C24H24N4O6/c1-4-15-22(13-5-7-17(31-2)19(9-13)32-3)23-26-24(30)16(28(23)27-15)11-21(29)25-14-6-8-18-20(10-14)34-12-33-18/h5-10,16H,4,11-12H2,1-3H3,(H,25,29)(H,26,30). The Bertz CT molecular complexity index is 1280. The second-order valence-electron chi connectivity index (χ2n) is 7.86. The number of ether oxygens (including phenoxy) is 4. The van der Waals surface area contributed by atoms with Gasteiger partial charge in [0.2, 0.25) is 12.7 Å². The van der Waals surface area contributed by atoms with E-state index >= 15 is 0 Å². The molecule has 0 spiro atoms. The number of aryl methyl sites for hydroxylation is 1. The van der Waals surface area contributed by atoms with Gasteiger partial charge in [0, 0.05) is 17.3 Å². The summed E-state index contributed by atoms with van der Waals surface area (Å²) in [6, 6.07) is 9.94. The smallest absolute Gasteiger partial charge is 0.251 e. The number of carbonyl (C=O) groups is 2. The molecule has 0 fully saturated rings. The minimum absolute atomic E-state index is 0.0660. The van der Waals surface area contributed by atoms with Crippen molar-refractivity contribution in [3.05, 3.63) is 42.1 Å². The van der Waals surface area contributed by atoms with Gasteiger partial charge >= 0.3 is 0 Å². The maximum absolute atomic E-state index is 12.8. The van der Waals surface area contributed by atoms with E-state index in [9.17, 15) is 9.59 Å². The molecule has 0 saturated heterocycles. The average molecular weight is 464 g/mol. The van der Waals surface area contributed by atoms with E-state index in [4.69, 9.17) is 18.9 Å². The fourth-order valence-electron chi connectivity index (χ4n) is 4.22. The largest absolute Gasteiger partial charge is 0.493 e. The van der Waals surface area contributed by atoms with E-state index < -0.39 is 6.04 Å². The Morgan fingerprint density at radius 3 is 2.71 bits per heavy atom. The van der Waals surface area contributed by atoms with Crippen molar-refractivity contribution in [3.63, 3.8) is 0 Å². The zero-order chi connectivity index (χ0) is 23.8. The van der Waals surface area contributed by atoms with E-state index in [2.05, 4.69) is 15.7 Å². The molecule has 10 heteroatoms. The summed E-state index contributed by atoms with van der Waals surface area (Å²) in [7, 11) is 3.15. The summed E-state index contributed by atoms with van der Waals surface area (Å²) in [6.45, 7) is 2.14. The van der Waals surface area contributed by atoms with Gasteiger partial charge in [0.15, 0.2) is 23.0 Å². The molecule has 5 rings (SSSR count). The summed E-state index contributed by atoms with van der Waals surface area (Å²) >= 11 is 0. The van der Waals surface area contributed by atoms with Gasteiger partial charge in [0.25, 0.3) is 5.91 Å². The summed E-state index contributed by atoms with van der Waals surface area (Å²) in [4.78, 5) is 25.6. The lowest BCUT2D eigenvalue weighted by atomic mass is 10.0. The number of rotatable bonds is 7. The Balaban J connectivity index is 1.41. The first kappa shape index (κ1) is 21.6. The van der Waals surface area contributed by atoms with Crippen LogP contribution in [-0.2, 0) is 16.0 Å². The summed E-state index contributed by atoms with van der Waals surface area (Å²) in [5.41, 5.74) is 3.01. The summed E-state index contributed by atoms with van der Waals surface area (Å²) in [6.07, 6.45) is 0.582. The van der Waals surface area contributed by atoms with Gasteiger partial charge in [-0.15, -0.1) is 0 Å². The number of methoxy groups -OCH3 is 2. The minimum atomic E-state index is -0.761. The van der Waals surface area contributed by atoms with Crippen LogP contribution in [0.3, 0.4) is 0 Å². The molecule has 2 amide bonds. The van der Waals surface area contributed by atoms with Crippen LogP contribution in [0.2, 0.25) is 0 Å². The van der Waals surface area contributed by atoms with Gasteiger partial charge in [-0.3, -0.25) is 9.59 Å². The van der Waals surface area contributed by atoms with Crippen molar-refractivity contribution in [2.75, 3.05) is 31.6 Å². The number of nitrogens with one attached hydrogen (secondary N) is 2. The van der Waals surface area contributed by atoms with Crippen LogP contribution in [0.1, 0.15) is 25.1 Å². The number of anilines is 2. The molecular weight excluding hydrogens is 440 g/mol. The fraction of sp³-hybridized carbons (Fsp3) is 0.292. The van der Waals surface area contributed by atoms with E-state index in [0.29, 0.717) is 40.9 Å². The molecule has 1 unspecified atom stereocenters. The van der Waals surface area contributed by atoms with Crippen LogP contribution < -0.4 is 29.6 Å². The SMILES string of the molecule is CCc1nn2c(c1-c1ccc(OC)c(OC)c1)NC(=O)C2CC(=O)Nc1ccc2c(c1)OCO2. The highest BCUT2D eigenvalue weighted by Crippen LogP contribution is 2.41. The summed E-state index contributed by atoms with van der Waals surface area (Å²) < 4.78 is 23.0. The Morgan fingerprint density at radius 1 is 1.15 bits per heavy atom. The van der Waals surface area contributed by atoms with Gasteiger partial charge in [-0.1, -0.05) is 13.0 Å². The first-order valence-electron chi connectivity index (χ1n) is 10.9. The van der Waals surface area contributed by atoms with Gasteiger partial charge in [0.1, 0.15) is 11.9 Å². The molecule has 10 nitrogen and oxygen atoms in total. The number of nitrogens with zero attached hydrogens (tertiary/aromatic N) is 2. The molecular formula is C24H24N4O6. The number of fused-ring (bicyclic) bond motifs is 2. The Morgan fingerprint density at radius 2 is 1.94 bits per heavy atom. The van der Waals surface area contributed by atoms with Gasteiger partial charge in [-0.2, -0.15) is 5.10 Å². The number of carbonyl (C=O) groups excluding carboxylic acids is 2. The zero-order valence-electron chi connectivity index (χ0n) is 19.0. The van der Waals surface area contributed by atoms with Crippen LogP contribution in [0, 0.1) is 0 Å². The minimum Gasteiger partial charge on any atom is -0.493 e. The van der Waals surface area contributed by atoms with Gasteiger partial charge < -0.3 is 29.6 Å². The van der Waals surface area contributed by atoms with Crippen LogP contribution in [0.5, 0.6) is 23.0 Å². The molecule has 34 heavy (non-hydrogen) atoms. The fourth-order valence-corrected chi connectivity index (χ4v) is 4.22. The number of aromatic nitrogens is 2. The second-order valence-corrected chi connectivity index (χ2v) is 7.86. The maximum Gasteiger partial charge on any atom is 0.251 e. The van der Waals surface area contributed by atoms with Crippen LogP contribution in [0.25, 0.3) is 11.1 Å². The molecule has 176 valence electrons. The van der Waals surface area contributed by atoms with Crippen LogP contribution in [0.4, 0.5) is 11.5 Å². The lowest BCUT2D eigenvalue weighted by molar-refractivity contribution is -0.123. The highest BCUT2D eigenvalue weighted by atomic mass is 16.7. The molecule has 2 aliphatic rings. The summed E-state index contributed by atoms with van der Waals surface area (Å²) in [5.74, 6) is 2.35. The molecule has 2 aromatic carbocycles. The third-order valence-corrected chi connectivity index (χ3v) is 5.86. The topological polar surface area (TPSA) is 113 Å². The van der Waals surface area contributed by atoms with Crippen molar-refractivity contribution >= 4 is 23.3 Å². The van der Waals surface area contributed by atoms with Crippen molar-refractivity contribution < 1.29 is 28.5 Å². The molecule has 2 aliphatic heterocycles. The molecule has 1 aromatic heterocycles. The van der Waals surface area contributed by atoms with Crippen LogP contribution in [0.15, 0.2) is 36.4 Å². The highest BCUT2D eigenvalue weighted by molar-refractivity contribution is 6.04. The lowest BCUT2D eigenvalue weighted by Crippen LogP contribution is -2.23. The number of amides is 2. The van der Waals surface area contributed by atoms with Crippen molar-refractivity contribution in [3.8, 4) is 34.1 Å². The number of hydrogen-bond donors (Lipinski definition) is 2. The normalized spacial score (nSPS) is 15.6. The Kier molecular flexibility index (Phi) is 5.48. The third-order valence-electron chi connectivity index (χ3n) is 5.86. The highest BCUT2D eigenvalue weighted by Gasteiger charge is 2.37. The average Bonchev–Trinajstić information content (AvgIpc) is 3.53. The van der Waals surface area contributed by atoms with Crippen molar-refractivity contribution in [1.29, 1.82) is 0 Å². The van der Waals surface area contributed by atoms with Gasteiger partial charge in [-0.25, -0.2) is 4.68 Å². The quantitative estimate of drug-likeness (QED) is 0.551. The maximum atomic E-state index is 12.8. The molecule has 1 atom stereocenters. The van der Waals surface area contributed by atoms with Crippen LogP contribution in [-0.4, -0.2) is 42.6 Å². The first-order chi connectivity index (χ1) is 16.5. The Hall–Kier alpha value is -4.21. The Labute approximate surface area is 195 Å². The van der Waals surface area contributed by atoms with E-state index in [1.54, 1.807) is 37.1 Å². The van der Waals surface area contributed by atoms with E-state index in [1.807, 2.05) is 25.1 Å². The van der Waals surface area contributed by atoms with Crippen molar-refractivity contribution in [2.45, 2.75) is 25.8 Å². The predicted molar refractivity (Wildman–Crippen MR) is 124 cm³/mol. The summed E-state index contributed by atoms with van der Waals surface area (Å²) in [5, 5.41) is 10.4. The van der Waals surface area contributed by atoms with E-state index in [-0.39, 0.29) is 25.0 Å². The number of hydrogen-bond acceptors (Lipinski definition) is 7. The van der Waals surface area contributed by atoms with E-state index in [0.717, 1.165) is 16.8 Å². The van der Waals surface area contributed by atoms with Gasteiger partial charge in [-0.05, 0) is 36.2 Å². The molecule has 3 heterocycles. The molecule has 2 N–H and O–H groups in total. The molecule has 3 aromatic rings. The van der Waals surface area contributed by atoms with Crippen molar-refractivity contribution in [2.24, 2.45) is 0 Å². The first-order valence-corrected chi connectivity index (χ1v) is 10.9. The van der Waals surface area contributed by atoms with Crippen LogP contribution >= 0.6 is 0 Å². The monoisotopic (exact) mass is 464 g/mol. The zero-order valence-corrected chi connectivity index (χ0v) is 19.0. The molecule has 0 aliphatic carbocycles. The van der Waals surface area contributed by atoms with E-state index in [1.165, 1.54) is 0 Å². The number of benzene rings is 2. The second kappa shape index (κ2) is 8.62.